The summed E-state index contributed by atoms with van der Waals surface area (Å²) in [7, 11) is 0. The number of pyridine rings is 1. The Morgan fingerprint density at radius 2 is 1.75 bits per heavy atom. The average molecular weight is 521 g/mol. The van der Waals surface area contributed by atoms with E-state index < -0.39 is 54.4 Å². The van der Waals surface area contributed by atoms with Gasteiger partial charge in [-0.05, 0) is 58.2 Å². The van der Waals surface area contributed by atoms with Gasteiger partial charge in [-0.15, -0.1) is 0 Å². The topological polar surface area (TPSA) is 59.8 Å². The van der Waals surface area contributed by atoms with Crippen molar-refractivity contribution < 1.29 is 31.1 Å². The predicted molar refractivity (Wildman–Crippen MR) is 105 cm³/mol. The number of nitrogens with zero attached hydrogens (tertiary/aromatic N) is 3. The molecule has 0 aliphatic rings. The van der Waals surface area contributed by atoms with Gasteiger partial charge in [-0.25, -0.2) is 26.3 Å². The lowest BCUT2D eigenvalue weighted by Gasteiger charge is -2.20. The molecule has 0 aliphatic carbocycles. The normalized spacial score (nSPS) is 12.4. The fourth-order valence-corrected chi connectivity index (χ4v) is 3.60. The van der Waals surface area contributed by atoms with E-state index in [0.717, 1.165) is 12.1 Å². The molecule has 2 aromatic heterocycles. The van der Waals surface area contributed by atoms with Crippen molar-refractivity contribution in [3.8, 4) is 0 Å². The highest BCUT2D eigenvalue weighted by atomic mass is 79.9. The van der Waals surface area contributed by atoms with Crippen LogP contribution in [-0.4, -0.2) is 20.7 Å². The van der Waals surface area contributed by atoms with Gasteiger partial charge in [0.25, 0.3) is 12.9 Å². The Morgan fingerprint density at radius 3 is 2.34 bits per heavy atom. The molecule has 0 bridgehead atoms. The van der Waals surface area contributed by atoms with Gasteiger partial charge < -0.3 is 5.32 Å². The van der Waals surface area contributed by atoms with E-state index in [1.54, 1.807) is 12.1 Å². The molecule has 2 heterocycles. The van der Waals surface area contributed by atoms with Crippen LogP contribution in [0.5, 0.6) is 0 Å². The van der Waals surface area contributed by atoms with Crippen LogP contribution in [0, 0.1) is 11.6 Å². The molecule has 3 rings (SSSR count). The van der Waals surface area contributed by atoms with Crippen LogP contribution in [0.25, 0.3) is 0 Å². The molecule has 1 aromatic carbocycles. The van der Waals surface area contributed by atoms with Crippen molar-refractivity contribution in [2.75, 3.05) is 0 Å². The third kappa shape index (κ3) is 5.87. The van der Waals surface area contributed by atoms with Crippen LogP contribution in [0.1, 0.15) is 41.5 Å². The molecule has 3 aromatic rings. The summed E-state index contributed by atoms with van der Waals surface area (Å²) in [4.78, 5) is 16.8. The molecule has 32 heavy (non-hydrogen) atoms. The summed E-state index contributed by atoms with van der Waals surface area (Å²) in [5, 5.41) is 5.92. The Kier molecular flexibility index (Phi) is 7.54. The van der Waals surface area contributed by atoms with E-state index in [4.69, 9.17) is 0 Å². The Hall–Kier alpha value is -2.89. The number of carbonyl (C=O) groups excluding carboxylic acids is 1. The average Bonchev–Trinajstić information content (AvgIpc) is 3.11. The predicted octanol–water partition coefficient (Wildman–Crippen LogP) is 5.29. The fourth-order valence-electron chi connectivity index (χ4n) is 3.07. The van der Waals surface area contributed by atoms with E-state index in [1.807, 2.05) is 0 Å². The summed E-state index contributed by atoms with van der Waals surface area (Å²) >= 11 is 3.28. The largest absolute Gasteiger partial charge is 0.346 e. The number of alkyl halides is 4. The van der Waals surface area contributed by atoms with Crippen LogP contribution < -0.4 is 5.32 Å². The lowest BCUT2D eigenvalue weighted by Crippen LogP contribution is -2.34. The number of amides is 1. The Morgan fingerprint density at radius 1 is 1.06 bits per heavy atom. The number of carbonyl (C=O) groups is 1. The Bertz CT molecular complexity index is 1090. The molecule has 0 aliphatic heterocycles. The van der Waals surface area contributed by atoms with Gasteiger partial charge in [0.15, 0.2) is 0 Å². The molecule has 0 saturated carbocycles. The first-order valence-corrected chi connectivity index (χ1v) is 9.92. The molecule has 0 saturated heterocycles. The standard InChI is InChI=1S/C20H15BrF6N4O/c21-13-2-1-3-28-18(13)14(6-10-4-11(22)7-12(23)5-10)29-17(32)9-31-16(20(26)27)8-15(30-31)19(24)25/h1-5,7-8,14,19-20H,6,9H2,(H,29,32). The van der Waals surface area contributed by atoms with Crippen molar-refractivity contribution in [1.82, 2.24) is 20.1 Å². The zero-order valence-electron chi connectivity index (χ0n) is 16.1. The lowest BCUT2D eigenvalue weighted by atomic mass is 10.0. The number of aromatic nitrogens is 3. The van der Waals surface area contributed by atoms with E-state index in [1.165, 1.54) is 6.20 Å². The molecule has 0 fully saturated rings. The van der Waals surface area contributed by atoms with Gasteiger partial charge in [0, 0.05) is 16.7 Å². The summed E-state index contributed by atoms with van der Waals surface area (Å²) in [5.74, 6) is -2.47. The van der Waals surface area contributed by atoms with E-state index >= 15 is 0 Å². The lowest BCUT2D eigenvalue weighted by molar-refractivity contribution is -0.122. The molecule has 1 N–H and O–H groups in total. The second-order valence-corrected chi connectivity index (χ2v) is 7.58. The van der Waals surface area contributed by atoms with Crippen molar-refractivity contribution in [2.45, 2.75) is 31.9 Å². The van der Waals surface area contributed by atoms with Crippen molar-refractivity contribution in [3.63, 3.8) is 0 Å². The molecule has 170 valence electrons. The molecular weight excluding hydrogens is 506 g/mol. The van der Waals surface area contributed by atoms with E-state index in [-0.39, 0.29) is 12.0 Å². The summed E-state index contributed by atoms with van der Waals surface area (Å²) in [5.41, 5.74) is -1.20. The first kappa shape index (κ1) is 23.8. The maximum absolute atomic E-state index is 13.6. The van der Waals surface area contributed by atoms with Crippen LogP contribution in [0.4, 0.5) is 26.3 Å². The maximum atomic E-state index is 13.6. The number of nitrogens with one attached hydrogen (secondary N) is 1. The van der Waals surface area contributed by atoms with Gasteiger partial charge >= 0.3 is 0 Å². The maximum Gasteiger partial charge on any atom is 0.282 e. The van der Waals surface area contributed by atoms with E-state index in [2.05, 4.69) is 31.3 Å². The SMILES string of the molecule is O=C(Cn1nc(C(F)F)cc1C(F)F)NC(Cc1cc(F)cc(F)c1)c1ncccc1Br. The minimum absolute atomic E-state index is 0.0842. The Labute approximate surface area is 186 Å². The molecule has 12 heteroatoms. The van der Waals surface area contributed by atoms with E-state index in [9.17, 15) is 31.1 Å². The van der Waals surface area contributed by atoms with Crippen molar-refractivity contribution in [3.05, 3.63) is 81.3 Å². The third-order valence-electron chi connectivity index (χ3n) is 4.38. The molecule has 1 unspecified atom stereocenters. The number of hydrogen-bond donors (Lipinski definition) is 1. The minimum Gasteiger partial charge on any atom is -0.346 e. The zero-order chi connectivity index (χ0) is 23.4. The van der Waals surface area contributed by atoms with Gasteiger partial charge in [0.1, 0.15) is 29.6 Å². The van der Waals surface area contributed by atoms with Crippen molar-refractivity contribution in [1.29, 1.82) is 0 Å². The molecule has 1 atom stereocenters. The molecule has 0 spiro atoms. The number of halogens is 7. The molecule has 5 nitrogen and oxygen atoms in total. The van der Waals surface area contributed by atoms with Gasteiger partial charge in [-0.1, -0.05) is 0 Å². The molecular formula is C20H15BrF6N4O. The second kappa shape index (κ2) is 10.2. The summed E-state index contributed by atoms with van der Waals surface area (Å²) < 4.78 is 80.2. The summed E-state index contributed by atoms with van der Waals surface area (Å²) in [6, 6.07) is 5.71. The zero-order valence-corrected chi connectivity index (χ0v) is 17.7. The van der Waals surface area contributed by atoms with Gasteiger partial charge in [0.2, 0.25) is 5.91 Å². The number of benzene rings is 1. The van der Waals surface area contributed by atoms with Crippen LogP contribution >= 0.6 is 15.9 Å². The number of hydrogen-bond acceptors (Lipinski definition) is 3. The van der Waals surface area contributed by atoms with Crippen molar-refractivity contribution >= 4 is 21.8 Å². The summed E-state index contributed by atoms with van der Waals surface area (Å²) in [6.45, 7) is -0.773. The van der Waals surface area contributed by atoms with Crippen molar-refractivity contribution in [2.24, 2.45) is 0 Å². The third-order valence-corrected chi connectivity index (χ3v) is 5.06. The fraction of sp³-hybridized carbons (Fsp3) is 0.250. The second-order valence-electron chi connectivity index (χ2n) is 6.73. The first-order chi connectivity index (χ1) is 15.1. The highest BCUT2D eigenvalue weighted by Crippen LogP contribution is 2.27. The van der Waals surface area contributed by atoms with Crippen LogP contribution in [0.2, 0.25) is 0 Å². The van der Waals surface area contributed by atoms with Gasteiger partial charge in [0.05, 0.1) is 11.7 Å². The first-order valence-electron chi connectivity index (χ1n) is 9.12. The van der Waals surface area contributed by atoms with Crippen LogP contribution in [-0.2, 0) is 17.8 Å². The molecule has 0 radical (unpaired) electrons. The number of rotatable bonds is 8. The summed E-state index contributed by atoms with van der Waals surface area (Å²) in [6.07, 6.45) is -4.86. The Balaban J connectivity index is 1.86. The van der Waals surface area contributed by atoms with E-state index in [0.29, 0.717) is 27.0 Å². The van der Waals surface area contributed by atoms with Crippen LogP contribution in [0.15, 0.2) is 47.1 Å². The smallest absolute Gasteiger partial charge is 0.282 e. The van der Waals surface area contributed by atoms with Gasteiger partial charge in [-0.3, -0.25) is 14.5 Å². The van der Waals surface area contributed by atoms with Crippen LogP contribution in [0.3, 0.4) is 0 Å². The molecule has 1 amide bonds. The minimum atomic E-state index is -3.13. The van der Waals surface area contributed by atoms with Gasteiger partial charge in [-0.2, -0.15) is 5.10 Å². The highest BCUT2D eigenvalue weighted by molar-refractivity contribution is 9.10. The quantitative estimate of drug-likeness (QED) is 0.410. The highest BCUT2D eigenvalue weighted by Gasteiger charge is 2.24. The monoisotopic (exact) mass is 520 g/mol.